The van der Waals surface area contributed by atoms with Gasteiger partial charge in [-0.15, -0.1) is 0 Å². The highest BCUT2D eigenvalue weighted by molar-refractivity contribution is 5.73. The van der Waals surface area contributed by atoms with E-state index in [1.807, 2.05) is 46.8 Å². The van der Waals surface area contributed by atoms with E-state index in [9.17, 15) is 9.59 Å². The minimum absolute atomic E-state index is 0.00346. The molecule has 0 aromatic heterocycles. The largest absolute Gasteiger partial charge is 0.469 e. The quantitative estimate of drug-likeness (QED) is 0.289. The van der Waals surface area contributed by atoms with Gasteiger partial charge >= 0.3 is 11.9 Å². The predicted molar refractivity (Wildman–Crippen MR) is 128 cm³/mol. The summed E-state index contributed by atoms with van der Waals surface area (Å²) < 4.78 is 10.2. The van der Waals surface area contributed by atoms with Crippen molar-refractivity contribution in [2.24, 2.45) is 35.3 Å². The van der Waals surface area contributed by atoms with Crippen LogP contribution in [0.4, 0.5) is 0 Å². The fourth-order valence-corrected chi connectivity index (χ4v) is 4.63. The number of rotatable bonds is 14. The maximum absolute atomic E-state index is 12.9. The standard InChI is InChI=1S/C26H45NO4/c1-10-13-15-19(11-2)23(26(6,7)27)20(12-3)22(25(29)31-9)17-14-16-21(18(4)5)24(28)30-8/h10-11,13,15,18,20-23H,1,12,14,16-17,27H2,2-9H3/b15-13-,19-11+. The third kappa shape index (κ3) is 9.02. The summed E-state index contributed by atoms with van der Waals surface area (Å²) in [7, 11) is 2.86. The van der Waals surface area contributed by atoms with Gasteiger partial charge in [0.2, 0.25) is 0 Å². The number of carbonyl (C=O) groups is 2. The minimum atomic E-state index is -0.535. The van der Waals surface area contributed by atoms with Gasteiger partial charge in [-0.3, -0.25) is 9.59 Å². The SMILES string of the molecule is C=C/C=C\C(=C/C)C(C(CC)C(CCCC(C(=O)OC)C(C)C)C(=O)OC)C(C)(C)N. The monoisotopic (exact) mass is 435 g/mol. The summed E-state index contributed by atoms with van der Waals surface area (Å²) in [4.78, 5) is 25.0. The number of ether oxygens (including phenoxy) is 2. The maximum atomic E-state index is 12.9. The second-order valence-electron chi connectivity index (χ2n) is 9.19. The van der Waals surface area contributed by atoms with Gasteiger partial charge in [-0.25, -0.2) is 0 Å². The topological polar surface area (TPSA) is 78.6 Å². The van der Waals surface area contributed by atoms with E-state index in [4.69, 9.17) is 15.2 Å². The third-order valence-electron chi connectivity index (χ3n) is 6.18. The highest BCUT2D eigenvalue weighted by Gasteiger charge is 2.41. The van der Waals surface area contributed by atoms with Crippen molar-refractivity contribution < 1.29 is 19.1 Å². The number of hydrogen-bond donors (Lipinski definition) is 1. The van der Waals surface area contributed by atoms with E-state index in [2.05, 4.69) is 19.6 Å². The first-order valence-corrected chi connectivity index (χ1v) is 11.4. The van der Waals surface area contributed by atoms with Crippen LogP contribution < -0.4 is 5.73 Å². The summed E-state index contributed by atoms with van der Waals surface area (Å²) in [6.45, 7) is 15.9. The first kappa shape index (κ1) is 29.1. The zero-order chi connectivity index (χ0) is 24.2. The van der Waals surface area contributed by atoms with E-state index < -0.39 is 5.54 Å². The number of hydrogen-bond acceptors (Lipinski definition) is 5. The van der Waals surface area contributed by atoms with Crippen molar-refractivity contribution in [1.82, 2.24) is 0 Å². The molecular weight excluding hydrogens is 390 g/mol. The molecule has 0 heterocycles. The molecule has 0 aliphatic heterocycles. The molecular formula is C26H45NO4. The molecule has 4 atom stereocenters. The van der Waals surface area contributed by atoms with Crippen LogP contribution >= 0.6 is 0 Å². The van der Waals surface area contributed by atoms with Gasteiger partial charge in [-0.05, 0) is 51.0 Å². The second kappa shape index (κ2) is 14.2. The van der Waals surface area contributed by atoms with Gasteiger partial charge in [0.25, 0.3) is 0 Å². The third-order valence-corrected chi connectivity index (χ3v) is 6.18. The van der Waals surface area contributed by atoms with E-state index >= 15 is 0 Å². The molecule has 0 fully saturated rings. The molecule has 31 heavy (non-hydrogen) atoms. The van der Waals surface area contributed by atoms with Gasteiger partial charge < -0.3 is 15.2 Å². The van der Waals surface area contributed by atoms with Crippen LogP contribution in [0.15, 0.2) is 36.5 Å². The van der Waals surface area contributed by atoms with Crippen molar-refractivity contribution in [2.45, 2.75) is 72.8 Å². The van der Waals surface area contributed by atoms with Crippen molar-refractivity contribution in [3.8, 4) is 0 Å². The molecule has 0 radical (unpaired) electrons. The number of methoxy groups -OCH3 is 2. The minimum Gasteiger partial charge on any atom is -0.469 e. The fourth-order valence-electron chi connectivity index (χ4n) is 4.63. The Kier molecular flexibility index (Phi) is 13.4. The first-order valence-electron chi connectivity index (χ1n) is 11.4. The van der Waals surface area contributed by atoms with Crippen LogP contribution in [0.3, 0.4) is 0 Å². The van der Waals surface area contributed by atoms with Gasteiger partial charge in [-0.2, -0.15) is 0 Å². The van der Waals surface area contributed by atoms with E-state index in [1.54, 1.807) is 6.08 Å². The molecule has 0 rings (SSSR count). The van der Waals surface area contributed by atoms with Crippen molar-refractivity contribution in [2.75, 3.05) is 14.2 Å². The number of nitrogens with two attached hydrogens (primary N) is 1. The van der Waals surface area contributed by atoms with Gasteiger partial charge in [0.1, 0.15) is 0 Å². The maximum Gasteiger partial charge on any atom is 0.308 e. The summed E-state index contributed by atoms with van der Waals surface area (Å²) >= 11 is 0. The van der Waals surface area contributed by atoms with Crippen LogP contribution in [0.25, 0.3) is 0 Å². The Labute approximate surface area is 190 Å². The lowest BCUT2D eigenvalue weighted by Crippen LogP contribution is -2.48. The molecule has 178 valence electrons. The molecule has 0 aromatic rings. The predicted octanol–water partition coefficient (Wildman–Crippen LogP) is 5.46. The van der Waals surface area contributed by atoms with E-state index in [0.717, 1.165) is 18.4 Å². The highest BCUT2D eigenvalue weighted by atomic mass is 16.5. The fraction of sp³-hybridized carbons (Fsp3) is 0.692. The van der Waals surface area contributed by atoms with Crippen molar-refractivity contribution in [3.05, 3.63) is 36.5 Å². The smallest absolute Gasteiger partial charge is 0.308 e. The van der Waals surface area contributed by atoms with Gasteiger partial charge in [0.05, 0.1) is 26.1 Å². The molecule has 0 spiro atoms. The number of carbonyl (C=O) groups excluding carboxylic acids is 2. The normalized spacial score (nSPS) is 16.6. The Morgan fingerprint density at radius 1 is 1.06 bits per heavy atom. The van der Waals surface area contributed by atoms with Crippen LogP contribution in [0.1, 0.15) is 67.2 Å². The molecule has 0 saturated heterocycles. The lowest BCUT2D eigenvalue weighted by atomic mass is 9.66. The summed E-state index contributed by atoms with van der Waals surface area (Å²) in [5.74, 6) is -0.743. The summed E-state index contributed by atoms with van der Waals surface area (Å²) in [5, 5.41) is 0. The van der Waals surface area contributed by atoms with Gasteiger partial charge in [0, 0.05) is 11.5 Å². The average molecular weight is 436 g/mol. The van der Waals surface area contributed by atoms with Gasteiger partial charge in [-0.1, -0.05) is 64.5 Å². The molecule has 2 N–H and O–H groups in total. The summed E-state index contributed by atoms with van der Waals surface area (Å²) in [5.41, 5.74) is 7.20. The van der Waals surface area contributed by atoms with Crippen molar-refractivity contribution >= 4 is 11.9 Å². The molecule has 0 aromatic carbocycles. The number of esters is 2. The van der Waals surface area contributed by atoms with Crippen LogP contribution in [0.5, 0.6) is 0 Å². The zero-order valence-electron chi connectivity index (χ0n) is 20.9. The van der Waals surface area contributed by atoms with Crippen molar-refractivity contribution in [3.63, 3.8) is 0 Å². The van der Waals surface area contributed by atoms with E-state index in [0.29, 0.717) is 12.8 Å². The van der Waals surface area contributed by atoms with Crippen LogP contribution in [0.2, 0.25) is 0 Å². The number of allylic oxidation sites excluding steroid dienone is 4. The molecule has 0 bridgehead atoms. The molecule has 4 unspecified atom stereocenters. The Morgan fingerprint density at radius 2 is 1.58 bits per heavy atom. The molecule has 5 heteroatoms. The molecule has 0 aliphatic carbocycles. The summed E-state index contributed by atoms with van der Waals surface area (Å²) in [6, 6.07) is 0. The Hall–Kier alpha value is -1.88. The van der Waals surface area contributed by atoms with Crippen molar-refractivity contribution in [1.29, 1.82) is 0 Å². The van der Waals surface area contributed by atoms with Crippen LogP contribution in [-0.4, -0.2) is 31.7 Å². The first-order chi connectivity index (χ1) is 14.5. The molecule has 0 saturated carbocycles. The lowest BCUT2D eigenvalue weighted by molar-refractivity contribution is -0.149. The zero-order valence-corrected chi connectivity index (χ0v) is 20.9. The Morgan fingerprint density at radius 3 is 1.97 bits per heavy atom. The summed E-state index contributed by atoms with van der Waals surface area (Å²) in [6.07, 6.45) is 10.6. The average Bonchev–Trinajstić information content (AvgIpc) is 2.72. The molecule has 0 aliphatic rings. The Balaban J connectivity index is 5.91. The molecule has 0 amide bonds. The van der Waals surface area contributed by atoms with Crippen LogP contribution in [0, 0.1) is 29.6 Å². The van der Waals surface area contributed by atoms with E-state index in [1.165, 1.54) is 14.2 Å². The Bertz CT molecular complexity index is 628. The molecule has 5 nitrogen and oxygen atoms in total. The lowest BCUT2D eigenvalue weighted by Gasteiger charge is -2.41. The second-order valence-corrected chi connectivity index (χ2v) is 9.19. The van der Waals surface area contributed by atoms with Gasteiger partial charge in [0.15, 0.2) is 0 Å². The van der Waals surface area contributed by atoms with E-state index in [-0.39, 0.29) is 41.5 Å². The van der Waals surface area contributed by atoms with Crippen LogP contribution in [-0.2, 0) is 19.1 Å². The highest BCUT2D eigenvalue weighted by Crippen LogP contribution is 2.40.